The largest absolute Gasteiger partial charge is 0.444 e. The van der Waals surface area contributed by atoms with E-state index in [4.69, 9.17) is 4.42 Å². The number of hydrogen-bond donors (Lipinski definition) is 2. The van der Waals surface area contributed by atoms with Gasteiger partial charge in [0.2, 0.25) is 5.91 Å². The molecule has 1 aromatic heterocycles. The molecule has 6 nitrogen and oxygen atoms in total. The maximum Gasteiger partial charge on any atom is 0.310 e. The van der Waals surface area contributed by atoms with E-state index in [9.17, 15) is 9.59 Å². The highest BCUT2D eigenvalue weighted by Gasteiger charge is 2.10. The predicted molar refractivity (Wildman–Crippen MR) is 53.9 cm³/mol. The topological polar surface area (TPSA) is 80.6 Å². The molecule has 0 unspecified atom stereocenters. The molecule has 0 saturated carbocycles. The third-order valence-electron chi connectivity index (χ3n) is 1.44. The van der Waals surface area contributed by atoms with Crippen molar-refractivity contribution in [3.63, 3.8) is 0 Å². The molecule has 2 amide bonds. The summed E-state index contributed by atoms with van der Waals surface area (Å²) in [5.74, 6) is -0.792. The van der Waals surface area contributed by atoms with Crippen molar-refractivity contribution in [2.45, 2.75) is 0 Å². The second-order valence-corrected chi connectivity index (χ2v) is 3.28. The van der Waals surface area contributed by atoms with Crippen molar-refractivity contribution in [2.75, 3.05) is 13.7 Å². The van der Waals surface area contributed by atoms with Crippen LogP contribution in [0.15, 0.2) is 21.2 Å². The fourth-order valence-corrected chi connectivity index (χ4v) is 1.03. The van der Waals surface area contributed by atoms with Gasteiger partial charge in [0.05, 0.1) is 0 Å². The van der Waals surface area contributed by atoms with Gasteiger partial charge >= 0.3 is 5.91 Å². The molecule has 1 aromatic rings. The zero-order chi connectivity index (χ0) is 11.3. The van der Waals surface area contributed by atoms with Crippen LogP contribution in [0.3, 0.4) is 0 Å². The minimum atomic E-state index is -0.551. The number of rotatable bonds is 4. The predicted octanol–water partition coefficient (Wildman–Crippen LogP) is 0.450. The van der Waals surface area contributed by atoms with Gasteiger partial charge in [0.1, 0.15) is 0 Å². The molecular formula is C8H9BrN2O4. The third-order valence-corrected chi connectivity index (χ3v) is 1.87. The summed E-state index contributed by atoms with van der Waals surface area (Å²) in [5, 5.41) is 2.34. The van der Waals surface area contributed by atoms with Gasteiger partial charge in [-0.15, -0.1) is 0 Å². The molecule has 0 aliphatic carbocycles. The van der Waals surface area contributed by atoms with E-state index in [0.29, 0.717) is 4.67 Å². The molecule has 82 valence electrons. The molecule has 0 fully saturated rings. The standard InChI is InChI=1S/C8H9BrN2O4/c1-10-7(12)4-14-11-8(13)5-2-3-6(9)15-5/h2-3H,4H2,1H3,(H,10,12)(H,11,13). The normalized spacial score (nSPS) is 9.73. The highest BCUT2D eigenvalue weighted by atomic mass is 79.9. The molecule has 1 heterocycles. The highest BCUT2D eigenvalue weighted by Crippen LogP contribution is 2.13. The monoisotopic (exact) mass is 276 g/mol. The van der Waals surface area contributed by atoms with Gasteiger partial charge in [-0.2, -0.15) is 0 Å². The van der Waals surface area contributed by atoms with Crippen LogP contribution in [-0.4, -0.2) is 25.5 Å². The fraction of sp³-hybridized carbons (Fsp3) is 0.250. The second kappa shape index (κ2) is 5.52. The summed E-state index contributed by atoms with van der Waals surface area (Å²) in [6.07, 6.45) is 0. The number of carbonyl (C=O) groups is 2. The summed E-state index contributed by atoms with van der Waals surface area (Å²) in [7, 11) is 1.47. The Labute approximate surface area is 94.0 Å². The van der Waals surface area contributed by atoms with E-state index in [-0.39, 0.29) is 18.3 Å². The van der Waals surface area contributed by atoms with Gasteiger partial charge in [-0.3, -0.25) is 14.4 Å². The van der Waals surface area contributed by atoms with E-state index in [1.807, 2.05) is 0 Å². The first kappa shape index (κ1) is 11.7. The van der Waals surface area contributed by atoms with E-state index < -0.39 is 5.91 Å². The lowest BCUT2D eigenvalue weighted by Gasteiger charge is -2.02. The molecule has 2 N–H and O–H groups in total. The van der Waals surface area contributed by atoms with Crippen molar-refractivity contribution in [3.05, 3.63) is 22.6 Å². The number of hydroxylamine groups is 1. The number of halogens is 1. The van der Waals surface area contributed by atoms with Crippen LogP contribution in [0.1, 0.15) is 10.6 Å². The number of nitrogens with one attached hydrogen (secondary N) is 2. The van der Waals surface area contributed by atoms with Crippen LogP contribution in [0.5, 0.6) is 0 Å². The quantitative estimate of drug-likeness (QED) is 0.783. The summed E-state index contributed by atoms with van der Waals surface area (Å²) in [5.41, 5.74) is 2.06. The van der Waals surface area contributed by atoms with Gasteiger partial charge in [0, 0.05) is 7.05 Å². The van der Waals surface area contributed by atoms with Crippen LogP contribution < -0.4 is 10.8 Å². The Hall–Kier alpha value is -1.34. The Morgan fingerprint density at radius 3 is 2.80 bits per heavy atom. The van der Waals surface area contributed by atoms with Gasteiger partial charge < -0.3 is 9.73 Å². The van der Waals surface area contributed by atoms with Crippen LogP contribution in [0.2, 0.25) is 0 Å². The minimum absolute atomic E-state index is 0.0961. The first-order chi connectivity index (χ1) is 7.13. The lowest BCUT2D eigenvalue weighted by atomic mass is 10.4. The zero-order valence-corrected chi connectivity index (χ0v) is 9.46. The average molecular weight is 277 g/mol. The van der Waals surface area contributed by atoms with Gasteiger partial charge in [-0.05, 0) is 28.1 Å². The van der Waals surface area contributed by atoms with Crippen molar-refractivity contribution in [3.8, 4) is 0 Å². The van der Waals surface area contributed by atoms with E-state index >= 15 is 0 Å². The molecule has 0 bridgehead atoms. The first-order valence-electron chi connectivity index (χ1n) is 4.01. The Bertz CT molecular complexity index is 363. The molecule has 0 spiro atoms. The molecule has 1 rings (SSSR count). The van der Waals surface area contributed by atoms with E-state index in [1.165, 1.54) is 13.1 Å². The first-order valence-corrected chi connectivity index (χ1v) is 4.81. The van der Waals surface area contributed by atoms with Crippen molar-refractivity contribution in [1.82, 2.24) is 10.8 Å². The van der Waals surface area contributed by atoms with Gasteiger partial charge in [-0.1, -0.05) is 0 Å². The molecule has 0 aliphatic rings. The number of amides is 2. The van der Waals surface area contributed by atoms with Crippen LogP contribution in [0, 0.1) is 0 Å². The fourth-order valence-electron chi connectivity index (χ4n) is 0.726. The van der Waals surface area contributed by atoms with Crippen molar-refractivity contribution < 1.29 is 18.8 Å². The highest BCUT2D eigenvalue weighted by molar-refractivity contribution is 9.10. The number of furan rings is 1. The van der Waals surface area contributed by atoms with Gasteiger partial charge in [-0.25, -0.2) is 5.48 Å². The van der Waals surface area contributed by atoms with Gasteiger partial charge in [0.25, 0.3) is 0 Å². The van der Waals surface area contributed by atoms with Crippen LogP contribution >= 0.6 is 15.9 Å². The van der Waals surface area contributed by atoms with E-state index in [0.717, 1.165) is 0 Å². The Balaban J connectivity index is 2.34. The van der Waals surface area contributed by atoms with Crippen molar-refractivity contribution in [1.29, 1.82) is 0 Å². The smallest absolute Gasteiger partial charge is 0.310 e. The molecular weight excluding hydrogens is 268 g/mol. The lowest BCUT2D eigenvalue weighted by molar-refractivity contribution is -0.127. The van der Waals surface area contributed by atoms with Gasteiger partial charge in [0.15, 0.2) is 17.0 Å². The van der Waals surface area contributed by atoms with E-state index in [2.05, 4.69) is 31.6 Å². The minimum Gasteiger partial charge on any atom is -0.444 e. The molecule has 7 heteroatoms. The molecule has 0 aromatic carbocycles. The zero-order valence-electron chi connectivity index (χ0n) is 7.87. The van der Waals surface area contributed by atoms with Crippen LogP contribution in [-0.2, 0) is 9.63 Å². The number of likely N-dealkylation sites (N-methyl/N-ethyl adjacent to an activating group) is 1. The summed E-state index contributed by atoms with van der Waals surface area (Å²) in [4.78, 5) is 26.6. The Morgan fingerprint density at radius 1 is 1.53 bits per heavy atom. The Kier molecular flexibility index (Phi) is 4.32. The van der Waals surface area contributed by atoms with Crippen molar-refractivity contribution in [2.24, 2.45) is 0 Å². The summed E-state index contributed by atoms with van der Waals surface area (Å²) >= 11 is 3.05. The van der Waals surface area contributed by atoms with Crippen LogP contribution in [0.25, 0.3) is 0 Å². The molecule has 0 saturated heterocycles. The van der Waals surface area contributed by atoms with Crippen molar-refractivity contribution >= 4 is 27.7 Å². The number of carbonyl (C=O) groups excluding carboxylic acids is 2. The third kappa shape index (κ3) is 3.72. The molecule has 15 heavy (non-hydrogen) atoms. The average Bonchev–Trinajstić information content (AvgIpc) is 2.64. The molecule has 0 atom stereocenters. The lowest BCUT2D eigenvalue weighted by Crippen LogP contribution is -2.30. The summed E-state index contributed by atoms with van der Waals surface area (Å²) < 4.78 is 5.40. The maximum atomic E-state index is 11.2. The van der Waals surface area contributed by atoms with E-state index in [1.54, 1.807) is 6.07 Å². The van der Waals surface area contributed by atoms with Crippen LogP contribution in [0.4, 0.5) is 0 Å². The Morgan fingerprint density at radius 2 is 2.27 bits per heavy atom. The SMILES string of the molecule is CNC(=O)CONC(=O)c1ccc(Br)o1. The maximum absolute atomic E-state index is 11.2. The summed E-state index contributed by atoms with van der Waals surface area (Å²) in [6.45, 7) is -0.246. The molecule has 0 aliphatic heterocycles. The summed E-state index contributed by atoms with van der Waals surface area (Å²) in [6, 6.07) is 3.05. The second-order valence-electron chi connectivity index (χ2n) is 2.50. The molecule has 0 radical (unpaired) electrons. The number of hydrogen-bond acceptors (Lipinski definition) is 4.